The number of nitrogens with zero attached hydrogens (tertiary/aromatic N) is 1. The first-order chi connectivity index (χ1) is 12.1. The van der Waals surface area contributed by atoms with Crippen molar-refractivity contribution in [2.75, 3.05) is 32.8 Å². The van der Waals surface area contributed by atoms with Crippen LogP contribution in [0.3, 0.4) is 0 Å². The standard InChI is InChI=1S/C19H26N2O4/c1-5-25-19(22)14-8-6-7-12-9-13-10-16(23-3)17(24-4)11-15(13)21(2)18(12)20-14/h10-11,14,20H,5-9H2,1-4H3. The molecule has 1 aromatic carbocycles. The molecule has 0 saturated carbocycles. The van der Waals surface area contributed by atoms with E-state index in [1.54, 1.807) is 14.2 Å². The normalized spacial score (nSPS) is 19.4. The molecule has 136 valence electrons. The molecule has 0 saturated heterocycles. The number of allylic oxidation sites excluding steroid dienone is 1. The van der Waals surface area contributed by atoms with Gasteiger partial charge in [0.15, 0.2) is 11.5 Å². The maximum absolute atomic E-state index is 12.2. The Labute approximate surface area is 148 Å². The first-order valence-electron chi connectivity index (χ1n) is 8.72. The Morgan fingerprint density at radius 1 is 1.28 bits per heavy atom. The predicted molar refractivity (Wildman–Crippen MR) is 96.1 cm³/mol. The van der Waals surface area contributed by atoms with Gasteiger partial charge in [-0.3, -0.25) is 0 Å². The van der Waals surface area contributed by atoms with Crippen LogP contribution < -0.4 is 19.7 Å². The second kappa shape index (κ2) is 7.25. The summed E-state index contributed by atoms with van der Waals surface area (Å²) in [6.07, 6.45) is 3.56. The van der Waals surface area contributed by atoms with Crippen LogP contribution in [0.15, 0.2) is 23.5 Å². The molecular formula is C19H26N2O4. The van der Waals surface area contributed by atoms with Crippen molar-refractivity contribution < 1.29 is 19.0 Å². The number of methoxy groups -OCH3 is 2. The number of anilines is 1. The van der Waals surface area contributed by atoms with Gasteiger partial charge in [0.2, 0.25) is 0 Å². The molecular weight excluding hydrogens is 320 g/mol. The van der Waals surface area contributed by atoms with Crippen LogP contribution in [0.25, 0.3) is 0 Å². The molecule has 0 bridgehead atoms. The second-order valence-corrected chi connectivity index (χ2v) is 6.37. The van der Waals surface area contributed by atoms with E-state index in [-0.39, 0.29) is 12.0 Å². The van der Waals surface area contributed by atoms with Gasteiger partial charge in [0.05, 0.1) is 20.8 Å². The molecule has 0 spiro atoms. The van der Waals surface area contributed by atoms with E-state index in [1.165, 1.54) is 11.1 Å². The Balaban J connectivity index is 1.93. The van der Waals surface area contributed by atoms with Crippen molar-refractivity contribution in [3.63, 3.8) is 0 Å². The van der Waals surface area contributed by atoms with E-state index in [1.807, 2.05) is 26.1 Å². The highest BCUT2D eigenvalue weighted by Gasteiger charge is 2.31. The van der Waals surface area contributed by atoms with Crippen LogP contribution in [0.1, 0.15) is 31.7 Å². The molecule has 0 aliphatic carbocycles. The van der Waals surface area contributed by atoms with Crippen LogP contribution in [0.5, 0.6) is 11.5 Å². The van der Waals surface area contributed by atoms with E-state index in [0.717, 1.165) is 42.9 Å². The lowest BCUT2D eigenvalue weighted by Gasteiger charge is -2.34. The molecule has 1 unspecified atom stereocenters. The number of hydrogen-bond acceptors (Lipinski definition) is 6. The first-order valence-corrected chi connectivity index (χ1v) is 8.72. The number of esters is 1. The summed E-state index contributed by atoms with van der Waals surface area (Å²) >= 11 is 0. The Hall–Kier alpha value is -2.37. The molecule has 1 N–H and O–H groups in total. The molecule has 2 heterocycles. The highest BCUT2D eigenvalue weighted by Crippen LogP contribution is 2.41. The van der Waals surface area contributed by atoms with Gasteiger partial charge in [0.1, 0.15) is 11.9 Å². The van der Waals surface area contributed by atoms with Crippen LogP contribution in [0.4, 0.5) is 5.69 Å². The van der Waals surface area contributed by atoms with Gasteiger partial charge in [-0.2, -0.15) is 0 Å². The summed E-state index contributed by atoms with van der Waals surface area (Å²) < 4.78 is 16.1. The number of hydrogen-bond donors (Lipinski definition) is 1. The predicted octanol–water partition coefficient (Wildman–Crippen LogP) is 2.61. The molecule has 0 radical (unpaired) electrons. The van der Waals surface area contributed by atoms with Crippen LogP contribution in [-0.2, 0) is 16.0 Å². The zero-order valence-corrected chi connectivity index (χ0v) is 15.3. The summed E-state index contributed by atoms with van der Waals surface area (Å²) in [7, 11) is 5.30. The molecule has 2 aliphatic rings. The van der Waals surface area contributed by atoms with Gasteiger partial charge in [-0.15, -0.1) is 0 Å². The Bertz CT molecular complexity index is 699. The third-order valence-corrected chi connectivity index (χ3v) is 4.87. The fraction of sp³-hybridized carbons (Fsp3) is 0.526. The number of carbonyl (C=O) groups excluding carboxylic acids is 1. The molecule has 25 heavy (non-hydrogen) atoms. The van der Waals surface area contributed by atoms with E-state index in [9.17, 15) is 4.79 Å². The maximum atomic E-state index is 12.2. The first kappa shape index (κ1) is 17.5. The maximum Gasteiger partial charge on any atom is 0.328 e. The minimum atomic E-state index is -0.295. The highest BCUT2D eigenvalue weighted by atomic mass is 16.5. The molecule has 3 rings (SSSR count). The molecule has 0 fully saturated rings. The SMILES string of the molecule is CCOC(=O)C1CCCC2=C(N1)N(C)c1cc(OC)c(OC)cc1C2. The molecule has 6 nitrogen and oxygen atoms in total. The topological polar surface area (TPSA) is 60.0 Å². The van der Waals surface area contributed by atoms with Crippen LogP contribution in [0.2, 0.25) is 0 Å². The molecule has 0 aromatic heterocycles. The van der Waals surface area contributed by atoms with Gasteiger partial charge in [-0.1, -0.05) is 0 Å². The van der Waals surface area contributed by atoms with Crippen molar-refractivity contribution in [2.24, 2.45) is 0 Å². The monoisotopic (exact) mass is 346 g/mol. The van der Waals surface area contributed by atoms with Crippen molar-refractivity contribution in [1.82, 2.24) is 5.32 Å². The summed E-state index contributed by atoms with van der Waals surface area (Å²) in [6, 6.07) is 3.74. The minimum absolute atomic E-state index is 0.178. The van der Waals surface area contributed by atoms with Crippen LogP contribution in [0, 0.1) is 0 Å². The van der Waals surface area contributed by atoms with E-state index < -0.39 is 0 Å². The van der Waals surface area contributed by atoms with E-state index >= 15 is 0 Å². The molecule has 2 aliphatic heterocycles. The smallest absolute Gasteiger partial charge is 0.328 e. The van der Waals surface area contributed by atoms with Gasteiger partial charge in [-0.05, 0) is 49.8 Å². The van der Waals surface area contributed by atoms with Crippen LogP contribution in [-0.4, -0.2) is 39.9 Å². The van der Waals surface area contributed by atoms with E-state index in [4.69, 9.17) is 14.2 Å². The average Bonchev–Trinajstić information content (AvgIpc) is 2.84. The van der Waals surface area contributed by atoms with Crippen molar-refractivity contribution in [3.05, 3.63) is 29.1 Å². The Morgan fingerprint density at radius 2 is 2.00 bits per heavy atom. The summed E-state index contributed by atoms with van der Waals surface area (Å²) in [5.41, 5.74) is 3.58. The Morgan fingerprint density at radius 3 is 2.68 bits per heavy atom. The van der Waals surface area contributed by atoms with Crippen LogP contribution >= 0.6 is 0 Å². The number of fused-ring (bicyclic) bond motifs is 1. The van der Waals surface area contributed by atoms with Gasteiger partial charge in [0.25, 0.3) is 0 Å². The van der Waals surface area contributed by atoms with Gasteiger partial charge in [-0.25, -0.2) is 4.79 Å². The Kier molecular flexibility index (Phi) is 5.06. The number of benzene rings is 1. The van der Waals surface area contributed by atoms with Crippen molar-refractivity contribution >= 4 is 11.7 Å². The van der Waals surface area contributed by atoms with Crippen molar-refractivity contribution in [1.29, 1.82) is 0 Å². The lowest BCUT2D eigenvalue weighted by atomic mass is 9.95. The summed E-state index contributed by atoms with van der Waals surface area (Å²) in [4.78, 5) is 14.3. The fourth-order valence-corrected chi connectivity index (χ4v) is 3.62. The van der Waals surface area contributed by atoms with Crippen molar-refractivity contribution in [2.45, 2.75) is 38.6 Å². The van der Waals surface area contributed by atoms with E-state index in [2.05, 4.69) is 10.2 Å². The summed E-state index contributed by atoms with van der Waals surface area (Å²) in [5.74, 6) is 2.27. The lowest BCUT2D eigenvalue weighted by molar-refractivity contribution is -0.145. The third kappa shape index (κ3) is 3.25. The number of ether oxygens (including phenoxy) is 3. The van der Waals surface area contributed by atoms with E-state index in [0.29, 0.717) is 12.4 Å². The molecule has 1 atom stereocenters. The van der Waals surface area contributed by atoms with Gasteiger partial charge < -0.3 is 24.4 Å². The minimum Gasteiger partial charge on any atom is -0.493 e. The second-order valence-electron chi connectivity index (χ2n) is 6.37. The fourth-order valence-electron chi connectivity index (χ4n) is 3.62. The number of rotatable bonds is 4. The molecule has 0 amide bonds. The molecule has 1 aromatic rings. The van der Waals surface area contributed by atoms with Gasteiger partial charge >= 0.3 is 5.97 Å². The molecule has 6 heteroatoms. The lowest BCUT2D eigenvalue weighted by Crippen LogP contribution is -2.42. The highest BCUT2D eigenvalue weighted by molar-refractivity contribution is 5.77. The average molecular weight is 346 g/mol. The zero-order valence-electron chi connectivity index (χ0n) is 15.3. The zero-order chi connectivity index (χ0) is 18.0. The summed E-state index contributed by atoms with van der Waals surface area (Å²) in [5, 5.41) is 3.42. The third-order valence-electron chi connectivity index (χ3n) is 4.87. The number of nitrogens with one attached hydrogen (secondary N) is 1. The summed E-state index contributed by atoms with van der Waals surface area (Å²) in [6.45, 7) is 2.24. The quantitative estimate of drug-likeness (QED) is 0.846. The van der Waals surface area contributed by atoms with Crippen molar-refractivity contribution in [3.8, 4) is 11.5 Å². The largest absolute Gasteiger partial charge is 0.493 e. The van der Waals surface area contributed by atoms with Gasteiger partial charge in [0, 0.05) is 18.8 Å². The number of carbonyl (C=O) groups is 1.